The molecule has 0 N–H and O–H groups in total. The minimum Gasteiger partial charge on any atom is -0.311 e. The molecule has 1 saturated carbocycles. The van der Waals surface area contributed by atoms with Gasteiger partial charge < -0.3 is 4.90 Å². The van der Waals surface area contributed by atoms with Crippen LogP contribution in [0, 0.1) is 0 Å². The molecule has 1 aromatic heterocycles. The summed E-state index contributed by atoms with van der Waals surface area (Å²) in [6.07, 6.45) is 4.70. The van der Waals surface area contributed by atoms with Crippen LogP contribution < -0.4 is 4.90 Å². The van der Waals surface area contributed by atoms with Gasteiger partial charge in [0, 0.05) is 23.5 Å². The van der Waals surface area contributed by atoms with Crippen molar-refractivity contribution < 1.29 is 4.79 Å². The SMILES string of the molecule is CCN(C(=O)CSc1nnc(-c2ccc(C(C)(C)C)cc2)n1C1CCCC1)c1cccc2ccccc12. The number of amides is 1. The van der Waals surface area contributed by atoms with Crippen molar-refractivity contribution in [3.05, 3.63) is 72.3 Å². The molecule has 3 aromatic carbocycles. The molecule has 0 unspecified atom stereocenters. The van der Waals surface area contributed by atoms with E-state index in [4.69, 9.17) is 0 Å². The lowest BCUT2D eigenvalue weighted by atomic mass is 9.86. The van der Waals surface area contributed by atoms with Crippen LogP contribution in [0.25, 0.3) is 22.2 Å². The van der Waals surface area contributed by atoms with E-state index >= 15 is 0 Å². The van der Waals surface area contributed by atoms with Crippen LogP contribution in [0.5, 0.6) is 0 Å². The zero-order chi connectivity index (χ0) is 26.0. The first kappa shape index (κ1) is 25.5. The highest BCUT2D eigenvalue weighted by molar-refractivity contribution is 7.99. The number of hydrogen-bond acceptors (Lipinski definition) is 4. The van der Waals surface area contributed by atoms with Crippen molar-refractivity contribution in [3.8, 4) is 11.4 Å². The Labute approximate surface area is 224 Å². The Hall–Kier alpha value is -3.12. The van der Waals surface area contributed by atoms with Crippen molar-refractivity contribution in [2.75, 3.05) is 17.2 Å². The molecule has 0 radical (unpaired) electrons. The summed E-state index contributed by atoms with van der Waals surface area (Å²) in [6, 6.07) is 23.5. The van der Waals surface area contributed by atoms with Crippen molar-refractivity contribution in [1.29, 1.82) is 0 Å². The van der Waals surface area contributed by atoms with Crippen LogP contribution in [0.4, 0.5) is 5.69 Å². The Bertz CT molecular complexity index is 1380. The number of thioether (sulfide) groups is 1. The second-order valence-corrected chi connectivity index (χ2v) is 11.8. The summed E-state index contributed by atoms with van der Waals surface area (Å²) in [5.74, 6) is 1.31. The molecule has 0 bridgehead atoms. The normalized spacial score (nSPS) is 14.4. The molecule has 5 nitrogen and oxygen atoms in total. The first-order valence-electron chi connectivity index (χ1n) is 13.3. The number of anilines is 1. The molecule has 5 rings (SSSR count). The fraction of sp³-hybridized carbons (Fsp3) is 0.387. The van der Waals surface area contributed by atoms with Gasteiger partial charge in [0.25, 0.3) is 0 Å². The highest BCUT2D eigenvalue weighted by Crippen LogP contribution is 2.37. The lowest BCUT2D eigenvalue weighted by Crippen LogP contribution is -2.32. The molecule has 1 heterocycles. The van der Waals surface area contributed by atoms with Gasteiger partial charge in [-0.15, -0.1) is 10.2 Å². The maximum atomic E-state index is 13.5. The number of carbonyl (C=O) groups excluding carboxylic acids is 1. The summed E-state index contributed by atoms with van der Waals surface area (Å²) in [7, 11) is 0. The Morgan fingerprint density at radius 1 is 0.973 bits per heavy atom. The third-order valence-electron chi connectivity index (χ3n) is 7.36. The molecule has 37 heavy (non-hydrogen) atoms. The number of nitrogens with zero attached hydrogens (tertiary/aromatic N) is 4. The van der Waals surface area contributed by atoms with E-state index in [0.717, 1.165) is 45.8 Å². The molecule has 192 valence electrons. The van der Waals surface area contributed by atoms with Gasteiger partial charge in [-0.25, -0.2) is 0 Å². The third-order valence-corrected chi connectivity index (χ3v) is 8.29. The molecular formula is C31H36N4OS. The molecule has 6 heteroatoms. The van der Waals surface area contributed by atoms with Crippen LogP contribution in [0.15, 0.2) is 71.9 Å². The quantitative estimate of drug-likeness (QED) is 0.239. The molecule has 0 spiro atoms. The lowest BCUT2D eigenvalue weighted by Gasteiger charge is -2.23. The molecular weight excluding hydrogens is 476 g/mol. The van der Waals surface area contributed by atoms with Crippen LogP contribution in [-0.2, 0) is 10.2 Å². The molecule has 0 saturated heterocycles. The Balaban J connectivity index is 1.40. The standard InChI is InChI=1S/C31H36N4OS/c1-5-34(27-16-10-12-22-11-6-9-15-26(22)27)28(36)21-37-30-33-32-29(35(30)25-13-7-8-14-25)23-17-19-24(20-18-23)31(2,3)4/h6,9-12,15-20,25H,5,7-8,13-14,21H2,1-4H3. The van der Waals surface area contributed by atoms with E-state index in [1.807, 2.05) is 36.1 Å². The van der Waals surface area contributed by atoms with Gasteiger partial charge in [-0.2, -0.15) is 0 Å². The molecule has 0 aliphatic heterocycles. The number of aromatic nitrogens is 3. The van der Waals surface area contributed by atoms with Gasteiger partial charge in [-0.05, 0) is 42.2 Å². The maximum absolute atomic E-state index is 13.5. The van der Waals surface area contributed by atoms with E-state index < -0.39 is 0 Å². The maximum Gasteiger partial charge on any atom is 0.237 e. The van der Waals surface area contributed by atoms with E-state index in [1.165, 1.54) is 30.2 Å². The van der Waals surface area contributed by atoms with Gasteiger partial charge in [0.1, 0.15) is 0 Å². The van der Waals surface area contributed by atoms with Gasteiger partial charge in [0.05, 0.1) is 11.4 Å². The zero-order valence-electron chi connectivity index (χ0n) is 22.3. The smallest absolute Gasteiger partial charge is 0.237 e. The van der Waals surface area contributed by atoms with Crippen molar-refractivity contribution >= 4 is 34.1 Å². The zero-order valence-corrected chi connectivity index (χ0v) is 23.1. The van der Waals surface area contributed by atoms with Gasteiger partial charge in [0.2, 0.25) is 5.91 Å². The number of rotatable bonds is 7. The first-order valence-corrected chi connectivity index (χ1v) is 14.3. The Kier molecular flexibility index (Phi) is 7.38. The number of hydrogen-bond donors (Lipinski definition) is 0. The van der Waals surface area contributed by atoms with E-state index in [0.29, 0.717) is 18.3 Å². The fourth-order valence-corrected chi connectivity index (χ4v) is 6.19. The van der Waals surface area contributed by atoms with Crippen LogP contribution in [0.3, 0.4) is 0 Å². The number of benzene rings is 3. The van der Waals surface area contributed by atoms with Crippen molar-refractivity contribution in [3.63, 3.8) is 0 Å². The summed E-state index contributed by atoms with van der Waals surface area (Å²) >= 11 is 1.51. The second-order valence-electron chi connectivity index (χ2n) is 10.9. The van der Waals surface area contributed by atoms with Crippen molar-refractivity contribution in [2.24, 2.45) is 0 Å². The summed E-state index contributed by atoms with van der Waals surface area (Å²) in [6.45, 7) is 9.34. The average molecular weight is 513 g/mol. The minimum atomic E-state index is 0.0842. The average Bonchev–Trinajstić information content (AvgIpc) is 3.57. The third kappa shape index (κ3) is 5.30. The van der Waals surface area contributed by atoms with E-state index in [-0.39, 0.29) is 11.3 Å². The summed E-state index contributed by atoms with van der Waals surface area (Å²) in [5, 5.41) is 12.3. The van der Waals surface area contributed by atoms with Crippen LogP contribution in [-0.4, -0.2) is 33.0 Å². The Morgan fingerprint density at radius 2 is 1.68 bits per heavy atom. The first-order chi connectivity index (χ1) is 17.9. The molecule has 1 fully saturated rings. The molecule has 1 amide bonds. The van der Waals surface area contributed by atoms with Gasteiger partial charge >= 0.3 is 0 Å². The highest BCUT2D eigenvalue weighted by Gasteiger charge is 2.26. The van der Waals surface area contributed by atoms with Crippen molar-refractivity contribution in [1.82, 2.24) is 14.8 Å². The molecule has 1 aliphatic rings. The minimum absolute atomic E-state index is 0.0842. The van der Waals surface area contributed by atoms with Crippen LogP contribution in [0.2, 0.25) is 0 Å². The van der Waals surface area contributed by atoms with Crippen molar-refractivity contribution in [2.45, 2.75) is 70.0 Å². The van der Waals surface area contributed by atoms with Gasteiger partial charge in [-0.3, -0.25) is 9.36 Å². The van der Waals surface area contributed by atoms with Gasteiger partial charge in [-0.1, -0.05) is 106 Å². The van der Waals surface area contributed by atoms with E-state index in [9.17, 15) is 4.79 Å². The Morgan fingerprint density at radius 3 is 2.38 bits per heavy atom. The summed E-state index contributed by atoms with van der Waals surface area (Å²) < 4.78 is 2.30. The number of carbonyl (C=O) groups is 1. The largest absolute Gasteiger partial charge is 0.311 e. The molecule has 0 atom stereocenters. The predicted molar refractivity (Wildman–Crippen MR) is 154 cm³/mol. The number of fused-ring (bicyclic) bond motifs is 1. The van der Waals surface area contributed by atoms with Crippen LogP contribution >= 0.6 is 11.8 Å². The summed E-state index contributed by atoms with van der Waals surface area (Å²) in [5.41, 5.74) is 3.45. The second kappa shape index (κ2) is 10.7. The van der Waals surface area contributed by atoms with Gasteiger partial charge in [0.15, 0.2) is 11.0 Å². The lowest BCUT2D eigenvalue weighted by molar-refractivity contribution is -0.116. The molecule has 4 aromatic rings. The van der Waals surface area contributed by atoms with E-state index in [1.54, 1.807) is 0 Å². The fourth-order valence-electron chi connectivity index (χ4n) is 5.31. The summed E-state index contributed by atoms with van der Waals surface area (Å²) in [4.78, 5) is 15.4. The molecule has 1 aliphatic carbocycles. The monoisotopic (exact) mass is 512 g/mol. The topological polar surface area (TPSA) is 51.0 Å². The highest BCUT2D eigenvalue weighted by atomic mass is 32.2. The van der Waals surface area contributed by atoms with E-state index in [2.05, 4.69) is 78.0 Å². The van der Waals surface area contributed by atoms with Crippen LogP contribution in [0.1, 0.15) is 65.0 Å². The predicted octanol–water partition coefficient (Wildman–Crippen LogP) is 7.66.